The van der Waals surface area contributed by atoms with Gasteiger partial charge < -0.3 is 10.0 Å². The minimum Gasteiger partial charge on any atom is -0.507 e. The predicted octanol–water partition coefficient (Wildman–Crippen LogP) is 2.35. The Kier molecular flexibility index (Phi) is 5.45. The van der Waals surface area contributed by atoms with E-state index in [4.69, 9.17) is 0 Å². The van der Waals surface area contributed by atoms with Gasteiger partial charge in [0.05, 0.1) is 9.83 Å². The summed E-state index contributed by atoms with van der Waals surface area (Å²) in [6.07, 6.45) is 4.08. The number of benzene rings is 1. The van der Waals surface area contributed by atoms with Crippen LogP contribution in [0, 0.1) is 10.1 Å². The summed E-state index contributed by atoms with van der Waals surface area (Å²) in [5.74, 6) is -1.19. The summed E-state index contributed by atoms with van der Waals surface area (Å²) in [5.41, 5.74) is -0.199. The number of carbonyl (C=O) groups excluding carboxylic acids is 3. The lowest BCUT2D eigenvalue weighted by atomic mass is 10.1. The van der Waals surface area contributed by atoms with Crippen molar-refractivity contribution in [2.24, 2.45) is 0 Å². The van der Waals surface area contributed by atoms with Crippen LogP contribution in [0.15, 0.2) is 23.1 Å². The van der Waals surface area contributed by atoms with Crippen LogP contribution in [0.4, 0.5) is 10.5 Å². The van der Waals surface area contributed by atoms with E-state index in [1.54, 1.807) is 4.90 Å². The standard InChI is InChI=1S/C17H17N3O6S/c21-13-5-4-12(20(25)26)8-11(13)9-14-16(23)19(17(24)27-14)10-15(22)18-6-2-1-3-7-18/h4-5,8-9,21H,1-3,6-7,10H2/b14-9-. The molecular formula is C17H17N3O6S. The van der Waals surface area contributed by atoms with Gasteiger partial charge in [-0.2, -0.15) is 0 Å². The van der Waals surface area contributed by atoms with Crippen LogP contribution in [-0.4, -0.2) is 56.5 Å². The van der Waals surface area contributed by atoms with E-state index in [0.29, 0.717) is 24.9 Å². The summed E-state index contributed by atoms with van der Waals surface area (Å²) >= 11 is 0.635. The van der Waals surface area contributed by atoms with Crippen LogP contribution in [0.1, 0.15) is 24.8 Å². The highest BCUT2D eigenvalue weighted by Gasteiger charge is 2.37. The van der Waals surface area contributed by atoms with Crippen molar-refractivity contribution in [2.75, 3.05) is 19.6 Å². The maximum absolute atomic E-state index is 12.5. The van der Waals surface area contributed by atoms with Crippen LogP contribution < -0.4 is 0 Å². The molecule has 1 aromatic carbocycles. The van der Waals surface area contributed by atoms with Crippen molar-refractivity contribution in [1.29, 1.82) is 0 Å². The normalized spacial score (nSPS) is 19.0. The Bertz CT molecular complexity index is 847. The van der Waals surface area contributed by atoms with E-state index >= 15 is 0 Å². The first kappa shape index (κ1) is 18.9. The van der Waals surface area contributed by atoms with Crippen LogP contribution in [0.2, 0.25) is 0 Å². The molecule has 3 rings (SSSR count). The van der Waals surface area contributed by atoms with Crippen LogP contribution >= 0.6 is 11.8 Å². The maximum Gasteiger partial charge on any atom is 0.294 e. The molecule has 10 heteroatoms. The van der Waals surface area contributed by atoms with Crippen molar-refractivity contribution in [2.45, 2.75) is 19.3 Å². The topological polar surface area (TPSA) is 121 Å². The summed E-state index contributed by atoms with van der Waals surface area (Å²) in [4.78, 5) is 49.7. The fourth-order valence-electron chi connectivity index (χ4n) is 2.93. The molecule has 0 bridgehead atoms. The second kappa shape index (κ2) is 7.78. The second-order valence-corrected chi connectivity index (χ2v) is 7.20. The van der Waals surface area contributed by atoms with Gasteiger partial charge in [-0.05, 0) is 43.2 Å². The molecule has 2 aliphatic rings. The number of rotatable bonds is 4. The van der Waals surface area contributed by atoms with E-state index < -0.39 is 16.1 Å². The molecule has 2 heterocycles. The first-order valence-electron chi connectivity index (χ1n) is 8.37. The molecule has 0 atom stereocenters. The largest absolute Gasteiger partial charge is 0.507 e. The van der Waals surface area contributed by atoms with Crippen LogP contribution in [-0.2, 0) is 9.59 Å². The Morgan fingerprint density at radius 2 is 1.96 bits per heavy atom. The van der Waals surface area contributed by atoms with Gasteiger partial charge in [-0.25, -0.2) is 0 Å². The van der Waals surface area contributed by atoms with Gasteiger partial charge in [0, 0.05) is 30.8 Å². The summed E-state index contributed by atoms with van der Waals surface area (Å²) in [6, 6.07) is 3.39. The van der Waals surface area contributed by atoms with Gasteiger partial charge in [-0.15, -0.1) is 0 Å². The number of thioether (sulfide) groups is 1. The molecule has 3 amide bonds. The number of phenolic OH excluding ortho intramolecular Hbond substituents is 1. The number of piperidine rings is 1. The molecule has 142 valence electrons. The lowest BCUT2D eigenvalue weighted by Crippen LogP contribution is -2.44. The van der Waals surface area contributed by atoms with E-state index in [1.807, 2.05) is 0 Å². The van der Waals surface area contributed by atoms with E-state index in [0.717, 1.165) is 42.4 Å². The van der Waals surface area contributed by atoms with Crippen molar-refractivity contribution < 1.29 is 24.4 Å². The van der Waals surface area contributed by atoms with E-state index in [-0.39, 0.29) is 34.4 Å². The first-order valence-corrected chi connectivity index (χ1v) is 9.19. The number of phenols is 1. The first-order chi connectivity index (χ1) is 12.9. The number of carbonyl (C=O) groups is 3. The van der Waals surface area contributed by atoms with Crippen LogP contribution in [0.3, 0.4) is 0 Å². The Hall–Kier alpha value is -2.88. The lowest BCUT2D eigenvalue weighted by molar-refractivity contribution is -0.384. The number of likely N-dealkylation sites (tertiary alicyclic amines) is 1. The van der Waals surface area contributed by atoms with E-state index in [1.165, 1.54) is 6.08 Å². The lowest BCUT2D eigenvalue weighted by Gasteiger charge is -2.27. The zero-order valence-electron chi connectivity index (χ0n) is 14.3. The summed E-state index contributed by atoms with van der Waals surface area (Å²) in [6.45, 7) is 0.905. The van der Waals surface area contributed by atoms with Crippen molar-refractivity contribution in [3.63, 3.8) is 0 Å². The molecule has 0 aromatic heterocycles. The van der Waals surface area contributed by atoms with Crippen LogP contribution in [0.5, 0.6) is 5.75 Å². The van der Waals surface area contributed by atoms with Gasteiger partial charge in [0.1, 0.15) is 12.3 Å². The zero-order valence-corrected chi connectivity index (χ0v) is 15.1. The summed E-state index contributed by atoms with van der Waals surface area (Å²) in [7, 11) is 0. The van der Waals surface area contributed by atoms with Gasteiger partial charge in [-0.3, -0.25) is 29.4 Å². The number of hydrogen-bond acceptors (Lipinski definition) is 7. The average molecular weight is 391 g/mol. The number of imide groups is 1. The third-order valence-corrected chi connectivity index (χ3v) is 5.29. The Balaban J connectivity index is 1.77. The molecule has 0 unspecified atom stereocenters. The molecule has 27 heavy (non-hydrogen) atoms. The molecule has 0 saturated carbocycles. The number of hydrogen-bond donors (Lipinski definition) is 1. The minimum absolute atomic E-state index is 0.00208. The Morgan fingerprint density at radius 3 is 2.63 bits per heavy atom. The number of aromatic hydroxyl groups is 1. The number of non-ortho nitro benzene ring substituents is 1. The van der Waals surface area contributed by atoms with Gasteiger partial charge >= 0.3 is 0 Å². The van der Waals surface area contributed by atoms with E-state index in [2.05, 4.69) is 0 Å². The fraction of sp³-hybridized carbons (Fsp3) is 0.353. The zero-order chi connectivity index (χ0) is 19.6. The minimum atomic E-state index is -0.652. The molecule has 2 saturated heterocycles. The highest BCUT2D eigenvalue weighted by Crippen LogP contribution is 2.34. The smallest absolute Gasteiger partial charge is 0.294 e. The molecule has 0 aliphatic carbocycles. The Morgan fingerprint density at radius 1 is 1.26 bits per heavy atom. The molecule has 2 fully saturated rings. The number of nitro benzene ring substituents is 1. The van der Waals surface area contributed by atoms with E-state index in [9.17, 15) is 29.6 Å². The predicted molar refractivity (Wildman–Crippen MR) is 97.9 cm³/mol. The summed E-state index contributed by atoms with van der Waals surface area (Å²) < 4.78 is 0. The van der Waals surface area contributed by atoms with Crippen molar-refractivity contribution >= 4 is 40.6 Å². The van der Waals surface area contributed by atoms with Gasteiger partial charge in [0.25, 0.3) is 16.8 Å². The molecule has 0 spiro atoms. The molecule has 9 nitrogen and oxygen atoms in total. The molecule has 0 radical (unpaired) electrons. The Labute approximate surface area is 158 Å². The molecule has 1 N–H and O–H groups in total. The highest BCUT2D eigenvalue weighted by atomic mass is 32.2. The molecular weight excluding hydrogens is 374 g/mol. The highest BCUT2D eigenvalue weighted by molar-refractivity contribution is 8.18. The summed E-state index contributed by atoms with van der Waals surface area (Å²) in [5, 5.41) is 20.2. The third kappa shape index (κ3) is 4.11. The molecule has 1 aromatic rings. The van der Waals surface area contributed by atoms with Gasteiger partial charge in [0.15, 0.2) is 0 Å². The monoisotopic (exact) mass is 391 g/mol. The third-order valence-electron chi connectivity index (χ3n) is 4.38. The van der Waals surface area contributed by atoms with Gasteiger partial charge in [-0.1, -0.05) is 0 Å². The fourth-order valence-corrected chi connectivity index (χ4v) is 3.76. The SMILES string of the molecule is O=C(CN1C(=O)S/C(=C\c2cc([N+](=O)[O-])ccc2O)C1=O)N1CCCCC1. The quantitative estimate of drug-likeness (QED) is 0.475. The average Bonchev–Trinajstić information content (AvgIpc) is 2.91. The number of nitrogens with zero attached hydrogens (tertiary/aromatic N) is 3. The van der Waals surface area contributed by atoms with Crippen LogP contribution in [0.25, 0.3) is 6.08 Å². The second-order valence-electron chi connectivity index (χ2n) is 6.21. The van der Waals surface area contributed by atoms with Crippen molar-refractivity contribution in [3.8, 4) is 5.75 Å². The van der Waals surface area contributed by atoms with Crippen molar-refractivity contribution in [3.05, 3.63) is 38.8 Å². The maximum atomic E-state index is 12.5. The van der Waals surface area contributed by atoms with Crippen molar-refractivity contribution in [1.82, 2.24) is 9.80 Å². The number of nitro groups is 1. The molecule has 2 aliphatic heterocycles. The van der Waals surface area contributed by atoms with Gasteiger partial charge in [0.2, 0.25) is 5.91 Å². The number of amides is 3.